The number of hydrogen-bond acceptors (Lipinski definition) is 3. The van der Waals surface area contributed by atoms with Gasteiger partial charge in [-0.25, -0.2) is 0 Å². The third-order valence-electron chi connectivity index (χ3n) is 2.12. The highest BCUT2D eigenvalue weighted by Gasteiger charge is 2.07. The molecule has 0 fully saturated rings. The molecule has 6 nitrogen and oxygen atoms in total. The van der Waals surface area contributed by atoms with Crippen LogP contribution in [0.15, 0.2) is 0 Å². The Morgan fingerprint density at radius 1 is 1.00 bits per heavy atom. The molecule has 6 heteroatoms. The normalized spacial score (nSPS) is 9.71. The van der Waals surface area contributed by atoms with E-state index in [0.717, 1.165) is 19.3 Å². The van der Waals surface area contributed by atoms with Gasteiger partial charge in [0.05, 0.1) is 0 Å². The number of rotatable bonds is 9. The van der Waals surface area contributed by atoms with E-state index in [1.165, 1.54) is 0 Å². The maximum absolute atomic E-state index is 11.2. The minimum absolute atomic E-state index is 0.0207. The molecule has 0 bridgehead atoms. The molecule has 0 aromatic carbocycles. The molecule has 0 saturated heterocycles. The summed E-state index contributed by atoms with van der Waals surface area (Å²) in [6.07, 6.45) is 3.21. The van der Waals surface area contributed by atoms with Crippen molar-refractivity contribution in [2.24, 2.45) is 0 Å². The predicted molar refractivity (Wildman–Crippen MR) is 62.4 cm³/mol. The number of carboxylic acids is 1. The molecular weight excluding hydrogens is 224 g/mol. The molecule has 0 aliphatic carbocycles. The molecule has 17 heavy (non-hydrogen) atoms. The largest absolute Gasteiger partial charge is 0.480 e. The minimum Gasteiger partial charge on any atom is -0.480 e. The molecule has 0 unspecified atom stereocenters. The van der Waals surface area contributed by atoms with Crippen molar-refractivity contribution in [3.05, 3.63) is 0 Å². The molecule has 0 aliphatic rings. The van der Waals surface area contributed by atoms with Crippen molar-refractivity contribution in [3.63, 3.8) is 0 Å². The van der Waals surface area contributed by atoms with Gasteiger partial charge in [0.25, 0.3) is 0 Å². The van der Waals surface area contributed by atoms with Crippen molar-refractivity contribution in [3.8, 4) is 0 Å². The molecule has 0 radical (unpaired) electrons. The van der Waals surface area contributed by atoms with Crippen LogP contribution in [0.3, 0.4) is 0 Å². The number of carboxylic acid groups (broad SMARTS) is 1. The minimum atomic E-state index is -1.10. The second-order valence-corrected chi connectivity index (χ2v) is 3.73. The molecule has 98 valence electrons. The lowest BCUT2D eigenvalue weighted by molar-refractivity contribution is -0.138. The Balaban J connectivity index is 3.49. The van der Waals surface area contributed by atoms with Crippen molar-refractivity contribution in [1.82, 2.24) is 10.6 Å². The lowest BCUT2D eigenvalue weighted by Gasteiger charge is -2.04. The monoisotopic (exact) mass is 244 g/mol. The van der Waals surface area contributed by atoms with Crippen molar-refractivity contribution >= 4 is 17.8 Å². The average molecular weight is 244 g/mol. The number of amides is 2. The average Bonchev–Trinajstić information content (AvgIpc) is 2.29. The van der Waals surface area contributed by atoms with Gasteiger partial charge in [0, 0.05) is 19.4 Å². The van der Waals surface area contributed by atoms with Crippen LogP contribution in [0.2, 0.25) is 0 Å². The van der Waals surface area contributed by atoms with E-state index >= 15 is 0 Å². The van der Waals surface area contributed by atoms with Crippen LogP contribution in [0.4, 0.5) is 0 Å². The third kappa shape index (κ3) is 10.7. The van der Waals surface area contributed by atoms with Crippen molar-refractivity contribution in [2.75, 3.05) is 13.1 Å². The Bertz CT molecular complexity index is 266. The Morgan fingerprint density at radius 3 is 2.12 bits per heavy atom. The molecule has 2 amide bonds. The van der Waals surface area contributed by atoms with Gasteiger partial charge in [-0.05, 0) is 6.42 Å². The van der Waals surface area contributed by atoms with Crippen LogP contribution < -0.4 is 10.6 Å². The number of hydrogen-bond donors (Lipinski definition) is 3. The summed E-state index contributed by atoms with van der Waals surface area (Å²) in [7, 11) is 0. The maximum atomic E-state index is 11.2. The van der Waals surface area contributed by atoms with E-state index in [1.807, 2.05) is 0 Å². The first kappa shape index (κ1) is 15.4. The highest BCUT2D eigenvalue weighted by atomic mass is 16.4. The van der Waals surface area contributed by atoms with Crippen molar-refractivity contribution in [2.45, 2.75) is 39.0 Å². The first-order valence-electron chi connectivity index (χ1n) is 5.81. The van der Waals surface area contributed by atoms with E-state index in [4.69, 9.17) is 5.11 Å². The van der Waals surface area contributed by atoms with Gasteiger partial charge in [0.2, 0.25) is 11.8 Å². The van der Waals surface area contributed by atoms with Crippen LogP contribution in [0.25, 0.3) is 0 Å². The van der Waals surface area contributed by atoms with Gasteiger partial charge in [0.15, 0.2) is 0 Å². The van der Waals surface area contributed by atoms with Gasteiger partial charge in [-0.1, -0.05) is 19.8 Å². The van der Waals surface area contributed by atoms with Crippen LogP contribution in [0.5, 0.6) is 0 Å². The Hall–Kier alpha value is -1.59. The highest BCUT2D eigenvalue weighted by Crippen LogP contribution is 1.93. The highest BCUT2D eigenvalue weighted by molar-refractivity contribution is 5.85. The van der Waals surface area contributed by atoms with Crippen molar-refractivity contribution < 1.29 is 19.5 Å². The molecule has 0 aromatic rings. The first-order chi connectivity index (χ1) is 8.06. The Kier molecular flexibility index (Phi) is 8.72. The van der Waals surface area contributed by atoms with Gasteiger partial charge < -0.3 is 15.7 Å². The van der Waals surface area contributed by atoms with E-state index < -0.39 is 18.4 Å². The second-order valence-electron chi connectivity index (χ2n) is 3.73. The second kappa shape index (κ2) is 9.62. The number of carbonyl (C=O) groups is 3. The Morgan fingerprint density at radius 2 is 1.59 bits per heavy atom. The van der Waals surface area contributed by atoms with Crippen LogP contribution >= 0.6 is 0 Å². The number of nitrogens with one attached hydrogen (secondary N) is 2. The zero-order valence-electron chi connectivity index (χ0n) is 10.1. The van der Waals surface area contributed by atoms with Crippen molar-refractivity contribution in [1.29, 1.82) is 0 Å². The van der Waals surface area contributed by atoms with Gasteiger partial charge in [-0.15, -0.1) is 0 Å². The quantitative estimate of drug-likeness (QED) is 0.507. The van der Waals surface area contributed by atoms with Gasteiger partial charge in [0.1, 0.15) is 6.54 Å². The first-order valence-corrected chi connectivity index (χ1v) is 5.81. The van der Waals surface area contributed by atoms with Crippen LogP contribution in [0, 0.1) is 0 Å². The number of unbranched alkanes of at least 4 members (excludes halogenated alkanes) is 2. The zero-order valence-corrected chi connectivity index (χ0v) is 10.1. The third-order valence-corrected chi connectivity index (χ3v) is 2.12. The summed E-state index contributed by atoms with van der Waals surface area (Å²) in [6.45, 7) is 2.30. The molecular formula is C11H20N2O4. The summed E-state index contributed by atoms with van der Waals surface area (Å²) >= 11 is 0. The van der Waals surface area contributed by atoms with Gasteiger partial charge >= 0.3 is 5.97 Å². The number of aliphatic carboxylic acids is 1. The molecule has 0 saturated carbocycles. The Labute approximate surface area is 101 Å². The van der Waals surface area contributed by atoms with Crippen LogP contribution in [0.1, 0.15) is 39.0 Å². The van der Waals surface area contributed by atoms with E-state index in [2.05, 4.69) is 17.6 Å². The number of carbonyl (C=O) groups excluding carboxylic acids is 2. The summed E-state index contributed by atoms with van der Waals surface area (Å²) in [5.74, 6) is -1.69. The molecule has 0 rings (SSSR count). The van der Waals surface area contributed by atoms with E-state index in [9.17, 15) is 14.4 Å². The summed E-state index contributed by atoms with van der Waals surface area (Å²) in [5, 5.41) is 13.2. The molecule has 0 atom stereocenters. The van der Waals surface area contributed by atoms with Gasteiger partial charge in [-0.2, -0.15) is 0 Å². The van der Waals surface area contributed by atoms with E-state index in [1.54, 1.807) is 0 Å². The van der Waals surface area contributed by atoms with Gasteiger partial charge in [-0.3, -0.25) is 14.4 Å². The maximum Gasteiger partial charge on any atom is 0.322 e. The predicted octanol–water partition coefficient (Wildman–Crippen LogP) is 0.274. The summed E-state index contributed by atoms with van der Waals surface area (Å²) in [6, 6.07) is 0. The molecule has 3 N–H and O–H groups in total. The molecule has 0 aliphatic heterocycles. The van der Waals surface area contributed by atoms with Crippen LogP contribution in [-0.2, 0) is 14.4 Å². The lowest BCUT2D eigenvalue weighted by Crippen LogP contribution is -2.31. The van der Waals surface area contributed by atoms with Crippen LogP contribution in [-0.4, -0.2) is 36.0 Å². The summed E-state index contributed by atoms with van der Waals surface area (Å²) < 4.78 is 0. The lowest BCUT2D eigenvalue weighted by atomic mass is 10.2. The van der Waals surface area contributed by atoms with E-state index in [0.29, 0.717) is 6.54 Å². The summed E-state index contributed by atoms with van der Waals surface area (Å²) in [5.41, 5.74) is 0. The molecule has 0 spiro atoms. The fourth-order valence-corrected chi connectivity index (χ4v) is 1.18. The smallest absolute Gasteiger partial charge is 0.322 e. The fraction of sp³-hybridized carbons (Fsp3) is 0.727. The summed E-state index contributed by atoms with van der Waals surface area (Å²) in [4.78, 5) is 32.5. The topological polar surface area (TPSA) is 95.5 Å². The SMILES string of the molecule is CCCCCNC(=O)CCC(=O)NCC(=O)O. The fourth-order valence-electron chi connectivity index (χ4n) is 1.18. The standard InChI is InChI=1S/C11H20N2O4/c1-2-3-4-7-12-9(14)5-6-10(15)13-8-11(16)17/h2-8H2,1H3,(H,12,14)(H,13,15)(H,16,17). The van der Waals surface area contributed by atoms with E-state index in [-0.39, 0.29) is 18.7 Å². The zero-order chi connectivity index (χ0) is 13.1. The molecule has 0 aromatic heterocycles. The molecule has 0 heterocycles.